The normalized spacial score (nSPS) is 10.3. The third-order valence-electron chi connectivity index (χ3n) is 2.69. The van der Waals surface area contributed by atoms with Gasteiger partial charge in [0, 0.05) is 12.7 Å². The van der Waals surface area contributed by atoms with E-state index in [0.717, 1.165) is 11.3 Å². The van der Waals surface area contributed by atoms with Crippen LogP contribution in [-0.4, -0.2) is 32.3 Å². The van der Waals surface area contributed by atoms with Crippen LogP contribution >= 0.6 is 0 Å². The molecule has 0 N–H and O–H groups in total. The highest BCUT2D eigenvalue weighted by atomic mass is 16.5. The minimum absolute atomic E-state index is 0.0557. The minimum atomic E-state index is -0.579. The van der Waals surface area contributed by atoms with E-state index in [1.54, 1.807) is 31.4 Å². The van der Waals surface area contributed by atoms with Gasteiger partial charge < -0.3 is 18.6 Å². The Balaban J connectivity index is 2.38. The van der Waals surface area contributed by atoms with Gasteiger partial charge in [-0.1, -0.05) is 0 Å². The van der Waals surface area contributed by atoms with Crippen LogP contribution in [0, 0.1) is 0 Å². The quantitative estimate of drug-likeness (QED) is 0.781. The fourth-order valence-electron chi connectivity index (χ4n) is 1.70. The molecule has 0 aliphatic rings. The number of aromatic nitrogens is 1. The highest BCUT2D eigenvalue weighted by Crippen LogP contribution is 2.25. The second-order valence-corrected chi connectivity index (χ2v) is 3.95. The molecule has 0 fully saturated rings. The average Bonchev–Trinajstić information content (AvgIpc) is 2.91. The fraction of sp³-hybridized carbons (Fsp3) is 0.286. The minimum Gasteiger partial charge on any atom is -0.497 e. The Kier molecular flexibility index (Phi) is 4.37. The summed E-state index contributed by atoms with van der Waals surface area (Å²) in [6.07, 6.45) is 0. The van der Waals surface area contributed by atoms with Crippen molar-refractivity contribution in [2.45, 2.75) is 6.61 Å². The van der Waals surface area contributed by atoms with Crippen molar-refractivity contribution in [2.75, 3.05) is 21.3 Å². The highest BCUT2D eigenvalue weighted by Gasteiger charge is 2.21. The molecule has 0 atom stereocenters. The van der Waals surface area contributed by atoms with Gasteiger partial charge in [-0.25, -0.2) is 9.78 Å². The van der Waals surface area contributed by atoms with Gasteiger partial charge in [0.15, 0.2) is 0 Å². The summed E-state index contributed by atoms with van der Waals surface area (Å²) in [5.41, 5.74) is 1.14. The third kappa shape index (κ3) is 2.80. The second-order valence-electron chi connectivity index (χ2n) is 3.95. The molecule has 6 heteroatoms. The Morgan fingerprint density at radius 3 is 2.45 bits per heavy atom. The Hall–Kier alpha value is -2.34. The SMILES string of the molecule is COCc1nc(-c2ccc(OC)cc2)oc1C(=O)OC. The Bertz CT molecular complexity index is 588. The molecule has 106 valence electrons. The Morgan fingerprint density at radius 1 is 1.20 bits per heavy atom. The molecule has 2 aromatic rings. The summed E-state index contributed by atoms with van der Waals surface area (Å²) in [4.78, 5) is 15.9. The second kappa shape index (κ2) is 6.21. The number of benzene rings is 1. The van der Waals surface area contributed by atoms with Crippen LogP contribution in [0.5, 0.6) is 5.75 Å². The molecular formula is C14H15NO5. The van der Waals surface area contributed by atoms with Crippen molar-refractivity contribution in [2.24, 2.45) is 0 Å². The molecule has 0 spiro atoms. The molecule has 0 aliphatic heterocycles. The van der Waals surface area contributed by atoms with Crippen molar-refractivity contribution in [1.82, 2.24) is 4.98 Å². The lowest BCUT2D eigenvalue weighted by atomic mass is 10.2. The van der Waals surface area contributed by atoms with E-state index >= 15 is 0 Å². The highest BCUT2D eigenvalue weighted by molar-refractivity contribution is 5.87. The van der Waals surface area contributed by atoms with Gasteiger partial charge in [-0.05, 0) is 24.3 Å². The lowest BCUT2D eigenvalue weighted by Gasteiger charge is -1.99. The first kappa shape index (κ1) is 14.1. The standard InChI is InChI=1S/C14H15NO5/c1-17-8-11-12(14(16)19-3)20-13(15-11)9-4-6-10(18-2)7-5-9/h4-7H,8H2,1-3H3. The van der Waals surface area contributed by atoms with Gasteiger partial charge >= 0.3 is 5.97 Å². The van der Waals surface area contributed by atoms with Gasteiger partial charge in [0.2, 0.25) is 11.7 Å². The summed E-state index contributed by atoms with van der Waals surface area (Å²) in [5, 5.41) is 0. The largest absolute Gasteiger partial charge is 0.497 e. The van der Waals surface area contributed by atoms with Crippen molar-refractivity contribution >= 4 is 5.97 Å². The zero-order valence-electron chi connectivity index (χ0n) is 11.5. The molecule has 0 unspecified atom stereocenters. The van der Waals surface area contributed by atoms with E-state index in [1.807, 2.05) is 0 Å². The van der Waals surface area contributed by atoms with E-state index in [2.05, 4.69) is 9.72 Å². The van der Waals surface area contributed by atoms with Crippen LogP contribution < -0.4 is 4.74 Å². The number of hydrogen-bond donors (Lipinski definition) is 0. The first-order valence-corrected chi connectivity index (χ1v) is 5.91. The van der Waals surface area contributed by atoms with Gasteiger partial charge in [-0.3, -0.25) is 0 Å². The molecule has 0 saturated heterocycles. The predicted molar refractivity (Wildman–Crippen MR) is 70.5 cm³/mol. The zero-order chi connectivity index (χ0) is 14.5. The van der Waals surface area contributed by atoms with Gasteiger partial charge in [-0.15, -0.1) is 0 Å². The molecule has 0 bridgehead atoms. The van der Waals surface area contributed by atoms with Gasteiger partial charge in [-0.2, -0.15) is 0 Å². The third-order valence-corrected chi connectivity index (χ3v) is 2.69. The van der Waals surface area contributed by atoms with Crippen molar-refractivity contribution in [3.8, 4) is 17.2 Å². The molecule has 0 saturated carbocycles. The monoisotopic (exact) mass is 277 g/mol. The number of carbonyl (C=O) groups is 1. The van der Waals surface area contributed by atoms with E-state index in [9.17, 15) is 4.79 Å². The van der Waals surface area contributed by atoms with E-state index < -0.39 is 5.97 Å². The molecule has 20 heavy (non-hydrogen) atoms. The Labute approximate surface area is 116 Å². The molecule has 1 aromatic carbocycles. The first-order valence-electron chi connectivity index (χ1n) is 5.91. The molecule has 6 nitrogen and oxygen atoms in total. The summed E-state index contributed by atoms with van der Waals surface area (Å²) in [5.74, 6) is 0.537. The predicted octanol–water partition coefficient (Wildman–Crippen LogP) is 2.28. The summed E-state index contributed by atoms with van der Waals surface area (Å²) < 4.78 is 20.2. The van der Waals surface area contributed by atoms with Crippen molar-refractivity contribution in [3.63, 3.8) is 0 Å². The smallest absolute Gasteiger partial charge is 0.376 e. The maximum atomic E-state index is 11.6. The van der Waals surface area contributed by atoms with Gasteiger partial charge in [0.25, 0.3) is 0 Å². The molecule has 0 amide bonds. The Morgan fingerprint density at radius 2 is 1.90 bits per heavy atom. The first-order chi connectivity index (χ1) is 9.69. The van der Waals surface area contributed by atoms with Crippen molar-refractivity contribution < 1.29 is 23.4 Å². The van der Waals surface area contributed by atoms with E-state index in [4.69, 9.17) is 13.9 Å². The summed E-state index contributed by atoms with van der Waals surface area (Å²) in [6.45, 7) is 0.171. The molecule has 0 aliphatic carbocycles. The molecular weight excluding hydrogens is 262 g/mol. The maximum absolute atomic E-state index is 11.6. The van der Waals surface area contributed by atoms with Crippen LogP contribution in [0.25, 0.3) is 11.5 Å². The topological polar surface area (TPSA) is 70.8 Å². The number of carbonyl (C=O) groups excluding carboxylic acids is 1. The van der Waals surface area contributed by atoms with Gasteiger partial charge in [0.1, 0.15) is 11.4 Å². The molecule has 1 aromatic heterocycles. The number of rotatable bonds is 5. The van der Waals surface area contributed by atoms with Gasteiger partial charge in [0.05, 0.1) is 20.8 Å². The van der Waals surface area contributed by atoms with E-state index in [1.165, 1.54) is 14.2 Å². The number of methoxy groups -OCH3 is 3. The maximum Gasteiger partial charge on any atom is 0.376 e. The van der Waals surface area contributed by atoms with Crippen LogP contribution in [-0.2, 0) is 16.1 Å². The summed E-state index contributed by atoms with van der Waals surface area (Å²) in [7, 11) is 4.39. The molecule has 1 heterocycles. The van der Waals surface area contributed by atoms with Crippen LogP contribution in [0.3, 0.4) is 0 Å². The van der Waals surface area contributed by atoms with E-state index in [0.29, 0.717) is 11.6 Å². The lowest BCUT2D eigenvalue weighted by Crippen LogP contribution is -2.04. The number of ether oxygens (including phenoxy) is 3. The molecule has 0 radical (unpaired) electrons. The average molecular weight is 277 g/mol. The zero-order valence-corrected chi connectivity index (χ0v) is 11.5. The fourth-order valence-corrected chi connectivity index (χ4v) is 1.70. The van der Waals surface area contributed by atoms with Crippen LogP contribution in [0.1, 0.15) is 16.2 Å². The lowest BCUT2D eigenvalue weighted by molar-refractivity contribution is 0.0559. The number of esters is 1. The number of nitrogens with zero attached hydrogens (tertiary/aromatic N) is 1. The van der Waals surface area contributed by atoms with Crippen molar-refractivity contribution in [3.05, 3.63) is 35.7 Å². The number of oxazole rings is 1. The summed E-state index contributed by atoms with van der Waals surface area (Å²) >= 11 is 0. The summed E-state index contributed by atoms with van der Waals surface area (Å²) in [6, 6.07) is 7.16. The van der Waals surface area contributed by atoms with Crippen LogP contribution in [0.4, 0.5) is 0 Å². The van der Waals surface area contributed by atoms with Crippen LogP contribution in [0.15, 0.2) is 28.7 Å². The number of hydrogen-bond acceptors (Lipinski definition) is 6. The van der Waals surface area contributed by atoms with Crippen LogP contribution in [0.2, 0.25) is 0 Å². The van der Waals surface area contributed by atoms with Crippen molar-refractivity contribution in [1.29, 1.82) is 0 Å². The molecule has 2 rings (SSSR count). The van der Waals surface area contributed by atoms with E-state index in [-0.39, 0.29) is 12.4 Å².